The van der Waals surface area contributed by atoms with Crippen molar-refractivity contribution in [3.63, 3.8) is 0 Å². The van der Waals surface area contributed by atoms with Crippen molar-refractivity contribution in [1.29, 1.82) is 0 Å². The Hall–Kier alpha value is -1.02. The van der Waals surface area contributed by atoms with Crippen molar-refractivity contribution in [2.75, 3.05) is 5.75 Å². The summed E-state index contributed by atoms with van der Waals surface area (Å²) in [4.78, 5) is 4.17. The fourth-order valence-corrected chi connectivity index (χ4v) is 1.22. The predicted octanol–water partition coefficient (Wildman–Crippen LogP) is 3.36. The quantitative estimate of drug-likeness (QED) is 0.677. The minimum absolute atomic E-state index is 0.994. The van der Waals surface area contributed by atoms with Crippen molar-refractivity contribution < 1.29 is 0 Å². The van der Waals surface area contributed by atoms with Crippen molar-refractivity contribution >= 4 is 17.8 Å². The highest BCUT2D eigenvalue weighted by Gasteiger charge is 1.80. The molecule has 0 aliphatic carbocycles. The van der Waals surface area contributed by atoms with E-state index in [0.29, 0.717) is 0 Å². The van der Waals surface area contributed by atoms with E-state index in [9.17, 15) is 0 Å². The minimum Gasteiger partial charge on any atom is -0.257 e. The fraction of sp³-hybridized carbons (Fsp3) is 0.182. The first-order valence-electron chi connectivity index (χ1n) is 4.29. The Balaban J connectivity index is 2.41. The standard InChI is InChI=1S/C11H13NS/c1-2-13-10-6-4-8-11-7-3-5-9-12-11/h3-10H,2H2,1H3/b8-4+,10-6+. The zero-order valence-corrected chi connectivity index (χ0v) is 8.50. The van der Waals surface area contributed by atoms with Crippen LogP contribution in [0.2, 0.25) is 0 Å². The molecule has 0 spiro atoms. The summed E-state index contributed by atoms with van der Waals surface area (Å²) in [6.07, 6.45) is 7.82. The molecule has 0 saturated carbocycles. The van der Waals surface area contributed by atoms with Gasteiger partial charge in [-0.1, -0.05) is 25.1 Å². The number of nitrogens with zero attached hydrogens (tertiary/aromatic N) is 1. The van der Waals surface area contributed by atoms with Crippen molar-refractivity contribution in [1.82, 2.24) is 4.98 Å². The summed E-state index contributed by atoms with van der Waals surface area (Å²) < 4.78 is 0. The van der Waals surface area contributed by atoms with E-state index in [4.69, 9.17) is 0 Å². The first-order valence-corrected chi connectivity index (χ1v) is 5.34. The third-order valence-electron chi connectivity index (χ3n) is 1.41. The number of allylic oxidation sites excluding steroid dienone is 2. The van der Waals surface area contributed by atoms with Gasteiger partial charge >= 0.3 is 0 Å². The summed E-state index contributed by atoms with van der Waals surface area (Å²) in [7, 11) is 0. The van der Waals surface area contributed by atoms with E-state index in [1.165, 1.54) is 0 Å². The third-order valence-corrected chi connectivity index (χ3v) is 2.09. The molecule has 1 aromatic heterocycles. The van der Waals surface area contributed by atoms with Crippen LogP contribution in [-0.2, 0) is 0 Å². The molecule has 0 aliphatic rings. The summed E-state index contributed by atoms with van der Waals surface area (Å²) >= 11 is 1.79. The van der Waals surface area contributed by atoms with E-state index in [2.05, 4.69) is 17.3 Å². The maximum atomic E-state index is 4.17. The van der Waals surface area contributed by atoms with Crippen LogP contribution < -0.4 is 0 Å². The van der Waals surface area contributed by atoms with Crippen LogP contribution in [0.4, 0.5) is 0 Å². The minimum atomic E-state index is 0.994. The van der Waals surface area contributed by atoms with Gasteiger partial charge in [0.05, 0.1) is 5.69 Å². The van der Waals surface area contributed by atoms with Crippen LogP contribution in [0.25, 0.3) is 6.08 Å². The second kappa shape index (κ2) is 6.49. The molecule has 0 fully saturated rings. The maximum Gasteiger partial charge on any atom is 0.0629 e. The number of rotatable bonds is 4. The van der Waals surface area contributed by atoms with Crippen LogP contribution in [0.1, 0.15) is 12.6 Å². The summed E-state index contributed by atoms with van der Waals surface area (Å²) in [6, 6.07) is 5.88. The number of thioether (sulfide) groups is 1. The van der Waals surface area contributed by atoms with Gasteiger partial charge in [-0.05, 0) is 29.4 Å². The molecule has 1 heterocycles. The van der Waals surface area contributed by atoms with Crippen LogP contribution in [0, 0.1) is 0 Å². The topological polar surface area (TPSA) is 12.9 Å². The van der Waals surface area contributed by atoms with E-state index >= 15 is 0 Å². The molecule has 68 valence electrons. The van der Waals surface area contributed by atoms with Crippen LogP contribution in [0.15, 0.2) is 42.0 Å². The Morgan fingerprint density at radius 3 is 3.00 bits per heavy atom. The number of hydrogen-bond donors (Lipinski definition) is 0. The summed E-state index contributed by atoms with van der Waals surface area (Å²) in [5, 5.41) is 2.08. The molecule has 1 aromatic rings. The molecule has 0 aromatic carbocycles. The highest BCUT2D eigenvalue weighted by Crippen LogP contribution is 2.01. The van der Waals surface area contributed by atoms with Gasteiger partial charge in [-0.15, -0.1) is 11.8 Å². The lowest BCUT2D eigenvalue weighted by Crippen LogP contribution is -1.74. The normalized spacial score (nSPS) is 11.5. The van der Waals surface area contributed by atoms with Gasteiger partial charge in [0, 0.05) is 6.20 Å². The molecule has 0 amide bonds. The van der Waals surface area contributed by atoms with E-state index in [1.807, 2.05) is 36.4 Å². The molecule has 0 radical (unpaired) electrons. The van der Waals surface area contributed by atoms with E-state index < -0.39 is 0 Å². The van der Waals surface area contributed by atoms with Crippen molar-refractivity contribution in [3.8, 4) is 0 Å². The lowest BCUT2D eigenvalue weighted by Gasteiger charge is -1.87. The monoisotopic (exact) mass is 191 g/mol. The predicted molar refractivity (Wildman–Crippen MR) is 60.5 cm³/mol. The number of hydrogen-bond acceptors (Lipinski definition) is 2. The molecule has 0 bridgehead atoms. The average molecular weight is 191 g/mol. The Bertz CT molecular complexity index is 277. The van der Waals surface area contributed by atoms with Gasteiger partial charge in [-0.25, -0.2) is 0 Å². The summed E-state index contributed by atoms with van der Waals surface area (Å²) in [5.41, 5.74) is 0.994. The Morgan fingerprint density at radius 1 is 1.38 bits per heavy atom. The van der Waals surface area contributed by atoms with Crippen LogP contribution in [-0.4, -0.2) is 10.7 Å². The van der Waals surface area contributed by atoms with E-state index in [-0.39, 0.29) is 0 Å². The van der Waals surface area contributed by atoms with Gasteiger partial charge in [0.25, 0.3) is 0 Å². The molecule has 2 heteroatoms. The molecule has 0 atom stereocenters. The van der Waals surface area contributed by atoms with Crippen LogP contribution >= 0.6 is 11.8 Å². The van der Waals surface area contributed by atoms with E-state index in [0.717, 1.165) is 11.4 Å². The maximum absolute atomic E-state index is 4.17. The van der Waals surface area contributed by atoms with Gasteiger partial charge < -0.3 is 0 Å². The lowest BCUT2D eigenvalue weighted by molar-refractivity contribution is 1.30. The zero-order chi connectivity index (χ0) is 9.36. The first kappa shape index (κ1) is 10.1. The van der Waals surface area contributed by atoms with Gasteiger partial charge in [0.1, 0.15) is 0 Å². The first-order chi connectivity index (χ1) is 6.43. The summed E-state index contributed by atoms with van der Waals surface area (Å²) in [5.74, 6) is 1.12. The largest absolute Gasteiger partial charge is 0.257 e. The van der Waals surface area contributed by atoms with Crippen molar-refractivity contribution in [3.05, 3.63) is 47.6 Å². The molecule has 0 saturated heterocycles. The van der Waals surface area contributed by atoms with Gasteiger partial charge in [-0.2, -0.15) is 0 Å². The molecular weight excluding hydrogens is 178 g/mol. The third kappa shape index (κ3) is 4.53. The van der Waals surface area contributed by atoms with E-state index in [1.54, 1.807) is 18.0 Å². The van der Waals surface area contributed by atoms with Crippen molar-refractivity contribution in [2.45, 2.75) is 6.92 Å². The van der Waals surface area contributed by atoms with Crippen molar-refractivity contribution in [2.24, 2.45) is 0 Å². The fourth-order valence-electron chi connectivity index (χ4n) is 0.826. The second-order valence-electron chi connectivity index (χ2n) is 2.40. The summed E-state index contributed by atoms with van der Waals surface area (Å²) in [6.45, 7) is 2.14. The number of pyridine rings is 1. The SMILES string of the molecule is CCS/C=C/C=C/c1ccccn1. The molecule has 0 N–H and O–H groups in total. The highest BCUT2D eigenvalue weighted by atomic mass is 32.2. The average Bonchev–Trinajstić information content (AvgIpc) is 2.19. The van der Waals surface area contributed by atoms with Gasteiger partial charge in [0.2, 0.25) is 0 Å². The van der Waals surface area contributed by atoms with Crippen LogP contribution in [0.5, 0.6) is 0 Å². The molecule has 13 heavy (non-hydrogen) atoms. The van der Waals surface area contributed by atoms with Gasteiger partial charge in [-0.3, -0.25) is 4.98 Å². The van der Waals surface area contributed by atoms with Gasteiger partial charge in [0.15, 0.2) is 0 Å². The smallest absolute Gasteiger partial charge is 0.0629 e. The Kier molecular flexibility index (Phi) is 5.02. The molecule has 1 rings (SSSR count). The highest BCUT2D eigenvalue weighted by molar-refractivity contribution is 8.02. The molecule has 0 aliphatic heterocycles. The Labute approximate surface area is 83.6 Å². The Morgan fingerprint density at radius 2 is 2.31 bits per heavy atom. The lowest BCUT2D eigenvalue weighted by atomic mass is 10.3. The zero-order valence-electron chi connectivity index (χ0n) is 7.68. The molecular formula is C11H13NS. The second-order valence-corrected chi connectivity index (χ2v) is 3.58. The number of aromatic nitrogens is 1. The van der Waals surface area contributed by atoms with Crippen LogP contribution in [0.3, 0.4) is 0 Å². The molecule has 1 nitrogen and oxygen atoms in total. The molecule has 0 unspecified atom stereocenters.